The molecule has 1 aromatic rings. The van der Waals surface area contributed by atoms with Crippen LogP contribution in [0.3, 0.4) is 0 Å². The molecule has 0 radical (unpaired) electrons. The van der Waals surface area contributed by atoms with Crippen LogP contribution >= 0.6 is 0 Å². The van der Waals surface area contributed by atoms with E-state index in [1.165, 1.54) is 12.3 Å². The van der Waals surface area contributed by atoms with Crippen molar-refractivity contribution in [2.45, 2.75) is 32.1 Å². The minimum absolute atomic E-state index is 0.0424. The van der Waals surface area contributed by atoms with Gasteiger partial charge in [-0.05, 0) is 31.4 Å². The molecule has 2 unspecified atom stereocenters. The van der Waals surface area contributed by atoms with Gasteiger partial charge in [0.2, 0.25) is 0 Å². The number of alkyl halides is 3. The highest BCUT2D eigenvalue weighted by Crippen LogP contribution is 2.31. The van der Waals surface area contributed by atoms with Crippen molar-refractivity contribution in [3.05, 3.63) is 29.6 Å². The first kappa shape index (κ1) is 14.3. The monoisotopic (exact) mass is 274 g/mol. The maximum atomic E-state index is 12.8. The summed E-state index contributed by atoms with van der Waals surface area (Å²) in [5.41, 5.74) is -0.627. The second-order valence-corrected chi connectivity index (χ2v) is 4.79. The van der Waals surface area contributed by atoms with Crippen molar-refractivity contribution in [1.82, 2.24) is 10.3 Å². The van der Waals surface area contributed by atoms with Gasteiger partial charge in [-0.2, -0.15) is 13.2 Å². The van der Waals surface area contributed by atoms with E-state index in [1.54, 1.807) is 0 Å². The molecule has 0 spiro atoms. The summed E-state index contributed by atoms with van der Waals surface area (Å²) in [5.74, 6) is 0.359. The second-order valence-electron chi connectivity index (χ2n) is 4.79. The van der Waals surface area contributed by atoms with Gasteiger partial charge in [-0.15, -0.1) is 0 Å². The molecule has 3 nitrogen and oxygen atoms in total. The van der Waals surface area contributed by atoms with Crippen LogP contribution in [0.15, 0.2) is 18.3 Å². The Bertz CT molecular complexity index is 417. The lowest BCUT2D eigenvalue weighted by Crippen LogP contribution is -2.34. The van der Waals surface area contributed by atoms with Crippen molar-refractivity contribution in [3.8, 4) is 0 Å². The van der Waals surface area contributed by atoms with E-state index in [0.717, 1.165) is 19.1 Å². The van der Waals surface area contributed by atoms with E-state index >= 15 is 0 Å². The van der Waals surface area contributed by atoms with Crippen LogP contribution in [0.2, 0.25) is 0 Å². The summed E-state index contributed by atoms with van der Waals surface area (Å²) < 4.78 is 43.6. The van der Waals surface area contributed by atoms with E-state index in [4.69, 9.17) is 4.74 Å². The molecule has 1 aliphatic rings. The Balaban J connectivity index is 1.99. The summed E-state index contributed by atoms with van der Waals surface area (Å²) in [5, 5.41) is 3.11. The fourth-order valence-corrected chi connectivity index (χ4v) is 2.21. The molecule has 1 saturated heterocycles. The predicted molar refractivity (Wildman–Crippen MR) is 64.5 cm³/mol. The average molecular weight is 274 g/mol. The van der Waals surface area contributed by atoms with Crippen molar-refractivity contribution in [2.75, 3.05) is 13.2 Å². The quantitative estimate of drug-likeness (QED) is 0.916. The van der Waals surface area contributed by atoms with Crippen LogP contribution < -0.4 is 5.32 Å². The SMILES string of the molecule is CC(NCc1ncccc1C(F)(F)F)C1CCOC1. The molecular weight excluding hydrogens is 257 g/mol. The number of hydrogen-bond acceptors (Lipinski definition) is 3. The summed E-state index contributed by atoms with van der Waals surface area (Å²) in [6, 6.07) is 2.49. The number of aromatic nitrogens is 1. The fourth-order valence-electron chi connectivity index (χ4n) is 2.21. The molecule has 2 atom stereocenters. The van der Waals surface area contributed by atoms with Crippen molar-refractivity contribution in [1.29, 1.82) is 0 Å². The molecule has 0 aromatic carbocycles. The molecule has 106 valence electrons. The van der Waals surface area contributed by atoms with Crippen LogP contribution in [0.4, 0.5) is 13.2 Å². The molecule has 2 heterocycles. The van der Waals surface area contributed by atoms with E-state index in [2.05, 4.69) is 10.3 Å². The summed E-state index contributed by atoms with van der Waals surface area (Å²) in [6.07, 6.45) is -2.02. The van der Waals surface area contributed by atoms with Gasteiger partial charge in [0.1, 0.15) is 0 Å². The number of pyridine rings is 1. The van der Waals surface area contributed by atoms with Gasteiger partial charge < -0.3 is 10.1 Å². The zero-order valence-electron chi connectivity index (χ0n) is 10.7. The maximum absolute atomic E-state index is 12.8. The topological polar surface area (TPSA) is 34.2 Å². The van der Waals surface area contributed by atoms with Gasteiger partial charge in [-0.25, -0.2) is 0 Å². The van der Waals surface area contributed by atoms with E-state index in [-0.39, 0.29) is 18.3 Å². The standard InChI is InChI=1S/C13H17F3N2O/c1-9(10-4-6-19-8-10)18-7-12-11(13(14,15)16)3-2-5-17-12/h2-3,5,9-10,18H,4,6-8H2,1H3. The first-order chi connectivity index (χ1) is 8.98. The van der Waals surface area contributed by atoms with Gasteiger partial charge in [0.15, 0.2) is 0 Å². The average Bonchev–Trinajstić information content (AvgIpc) is 2.89. The summed E-state index contributed by atoms with van der Waals surface area (Å²) in [7, 11) is 0. The lowest BCUT2D eigenvalue weighted by molar-refractivity contribution is -0.138. The molecule has 1 fully saturated rings. The van der Waals surface area contributed by atoms with Crippen molar-refractivity contribution in [3.63, 3.8) is 0 Å². The molecule has 19 heavy (non-hydrogen) atoms. The zero-order valence-corrected chi connectivity index (χ0v) is 10.7. The third kappa shape index (κ3) is 3.67. The minimum Gasteiger partial charge on any atom is -0.381 e. The molecule has 0 amide bonds. The van der Waals surface area contributed by atoms with Crippen LogP contribution in [-0.2, 0) is 17.5 Å². The normalized spacial score (nSPS) is 21.6. The highest BCUT2D eigenvalue weighted by molar-refractivity contribution is 5.22. The van der Waals surface area contributed by atoms with Gasteiger partial charge in [0, 0.05) is 25.4 Å². The Morgan fingerprint density at radius 3 is 2.95 bits per heavy atom. The second kappa shape index (κ2) is 5.88. The van der Waals surface area contributed by atoms with Crippen molar-refractivity contribution < 1.29 is 17.9 Å². The van der Waals surface area contributed by atoms with E-state index in [9.17, 15) is 13.2 Å². The summed E-state index contributed by atoms with van der Waals surface area (Å²) in [6.45, 7) is 3.49. The third-order valence-electron chi connectivity index (χ3n) is 3.46. The lowest BCUT2D eigenvalue weighted by atomic mass is 10.0. The Labute approximate surface area is 110 Å². The first-order valence-electron chi connectivity index (χ1n) is 6.30. The van der Waals surface area contributed by atoms with Gasteiger partial charge in [-0.3, -0.25) is 4.98 Å². The molecule has 0 aliphatic carbocycles. The number of halogens is 3. The summed E-state index contributed by atoms with van der Waals surface area (Å²) in [4.78, 5) is 3.83. The summed E-state index contributed by atoms with van der Waals surface area (Å²) >= 11 is 0. The van der Waals surface area contributed by atoms with E-state index in [0.29, 0.717) is 12.5 Å². The maximum Gasteiger partial charge on any atom is 0.418 e. The number of ether oxygens (including phenoxy) is 1. The molecule has 0 saturated carbocycles. The predicted octanol–water partition coefficient (Wildman–Crippen LogP) is 2.62. The highest BCUT2D eigenvalue weighted by atomic mass is 19.4. The lowest BCUT2D eigenvalue weighted by Gasteiger charge is -2.20. The Hall–Kier alpha value is -1.14. The van der Waals surface area contributed by atoms with Crippen molar-refractivity contribution in [2.24, 2.45) is 5.92 Å². The fraction of sp³-hybridized carbons (Fsp3) is 0.615. The molecule has 1 N–H and O–H groups in total. The first-order valence-corrected chi connectivity index (χ1v) is 6.30. The largest absolute Gasteiger partial charge is 0.418 e. The van der Waals surface area contributed by atoms with Gasteiger partial charge in [0.05, 0.1) is 17.9 Å². The van der Waals surface area contributed by atoms with Gasteiger partial charge >= 0.3 is 6.18 Å². The van der Waals surface area contributed by atoms with E-state index < -0.39 is 11.7 Å². The smallest absolute Gasteiger partial charge is 0.381 e. The van der Waals surface area contributed by atoms with Crippen LogP contribution in [0.1, 0.15) is 24.6 Å². The highest BCUT2D eigenvalue weighted by Gasteiger charge is 2.33. The minimum atomic E-state index is -4.36. The number of nitrogens with zero attached hydrogens (tertiary/aromatic N) is 1. The van der Waals surface area contributed by atoms with Gasteiger partial charge in [0.25, 0.3) is 0 Å². The molecule has 6 heteroatoms. The van der Waals surface area contributed by atoms with E-state index in [1.807, 2.05) is 6.92 Å². The molecule has 2 rings (SSSR count). The number of rotatable bonds is 4. The third-order valence-corrected chi connectivity index (χ3v) is 3.46. The van der Waals surface area contributed by atoms with Crippen LogP contribution in [-0.4, -0.2) is 24.2 Å². The number of nitrogens with one attached hydrogen (secondary N) is 1. The molecule has 1 aromatic heterocycles. The van der Waals surface area contributed by atoms with Crippen LogP contribution in [0, 0.1) is 5.92 Å². The van der Waals surface area contributed by atoms with Crippen molar-refractivity contribution >= 4 is 0 Å². The Kier molecular flexibility index (Phi) is 4.42. The molecule has 0 bridgehead atoms. The zero-order chi connectivity index (χ0) is 13.9. The number of hydrogen-bond donors (Lipinski definition) is 1. The Morgan fingerprint density at radius 2 is 2.32 bits per heavy atom. The molecule has 1 aliphatic heterocycles. The van der Waals surface area contributed by atoms with Crippen LogP contribution in [0.5, 0.6) is 0 Å². The van der Waals surface area contributed by atoms with Crippen LogP contribution in [0.25, 0.3) is 0 Å². The Morgan fingerprint density at radius 1 is 1.53 bits per heavy atom. The molecular formula is C13H17F3N2O. The van der Waals surface area contributed by atoms with Gasteiger partial charge in [-0.1, -0.05) is 0 Å².